The fourth-order valence-corrected chi connectivity index (χ4v) is 4.64. The number of aromatic amines is 1. The fourth-order valence-electron chi connectivity index (χ4n) is 4.64. The van der Waals surface area contributed by atoms with Gasteiger partial charge in [0.25, 0.3) is 0 Å². The van der Waals surface area contributed by atoms with Crippen LogP contribution in [0, 0.1) is 17.8 Å². The Kier molecular flexibility index (Phi) is 1.87. The predicted molar refractivity (Wildman–Crippen MR) is 62.3 cm³/mol. The molecule has 0 radical (unpaired) electrons. The highest BCUT2D eigenvalue weighted by atomic mass is 16.3. The van der Waals surface area contributed by atoms with Crippen LogP contribution in [0.2, 0.25) is 0 Å². The quantitative estimate of drug-likeness (QED) is 0.718. The van der Waals surface area contributed by atoms with E-state index in [1.807, 2.05) is 0 Å². The highest BCUT2D eigenvalue weighted by Crippen LogP contribution is 2.56. The summed E-state index contributed by atoms with van der Waals surface area (Å²) in [6.45, 7) is 0. The summed E-state index contributed by atoms with van der Waals surface area (Å²) in [5, 5.41) is 20.8. The first-order valence-electron chi connectivity index (χ1n) is 6.57. The number of aliphatic hydroxyl groups is 1. The van der Waals surface area contributed by atoms with Crippen molar-refractivity contribution in [1.82, 2.24) is 15.2 Å². The number of anilines is 1. The normalized spacial score (nSPS) is 47.4. The van der Waals surface area contributed by atoms with Gasteiger partial charge in [-0.25, -0.2) is 4.98 Å². The molecule has 17 heavy (non-hydrogen) atoms. The first kappa shape index (κ1) is 9.88. The maximum Gasteiger partial charge on any atom is 0.242 e. The molecule has 1 aromatic heterocycles. The summed E-state index contributed by atoms with van der Waals surface area (Å²) in [6.07, 6.45) is 7.09. The van der Waals surface area contributed by atoms with Gasteiger partial charge in [0.15, 0.2) is 0 Å². The number of nitrogens with zero attached hydrogens (tertiary/aromatic N) is 2. The lowest BCUT2D eigenvalue weighted by atomic mass is 9.52. The van der Waals surface area contributed by atoms with Crippen LogP contribution in [0.5, 0.6) is 0 Å². The molecule has 0 spiro atoms. The van der Waals surface area contributed by atoms with E-state index < -0.39 is 0 Å². The van der Waals surface area contributed by atoms with E-state index in [0.717, 1.165) is 25.2 Å². The monoisotopic (exact) mass is 234 g/mol. The molecule has 0 amide bonds. The summed E-state index contributed by atoms with van der Waals surface area (Å²) in [5.41, 5.74) is -0.353. The lowest BCUT2D eigenvalue weighted by Gasteiger charge is -2.58. The number of hydrogen-bond acceptors (Lipinski definition) is 4. The van der Waals surface area contributed by atoms with Crippen molar-refractivity contribution >= 4 is 5.95 Å². The Bertz CT molecular complexity index is 402. The Morgan fingerprint density at radius 1 is 1.29 bits per heavy atom. The zero-order valence-electron chi connectivity index (χ0n) is 9.76. The Morgan fingerprint density at radius 2 is 2.06 bits per heavy atom. The third-order valence-electron chi connectivity index (χ3n) is 4.95. The van der Waals surface area contributed by atoms with Gasteiger partial charge in [-0.3, -0.25) is 5.10 Å². The first-order valence-corrected chi connectivity index (χ1v) is 6.57. The van der Waals surface area contributed by atoms with E-state index in [1.165, 1.54) is 12.8 Å². The van der Waals surface area contributed by atoms with Crippen molar-refractivity contribution in [2.24, 2.45) is 17.8 Å². The average molecular weight is 234 g/mol. The number of aromatic nitrogens is 3. The lowest BCUT2D eigenvalue weighted by molar-refractivity contribution is -0.129. The van der Waals surface area contributed by atoms with Gasteiger partial charge >= 0.3 is 0 Å². The first-order chi connectivity index (χ1) is 8.22. The zero-order chi connectivity index (χ0) is 11.5. The van der Waals surface area contributed by atoms with E-state index >= 15 is 0 Å². The Labute approximate surface area is 100 Å². The zero-order valence-corrected chi connectivity index (χ0v) is 9.76. The summed E-state index contributed by atoms with van der Waals surface area (Å²) in [5.74, 6) is 2.66. The van der Waals surface area contributed by atoms with Gasteiger partial charge in [-0.1, -0.05) is 0 Å². The van der Waals surface area contributed by atoms with Crippen molar-refractivity contribution in [2.75, 3.05) is 5.32 Å². The maximum absolute atomic E-state index is 10.5. The molecule has 2 unspecified atom stereocenters. The molecule has 4 saturated carbocycles. The van der Waals surface area contributed by atoms with Crippen molar-refractivity contribution in [3.05, 3.63) is 6.33 Å². The van der Waals surface area contributed by atoms with E-state index in [4.69, 9.17) is 0 Å². The SMILES string of the molecule is OC12C[C@@H]3C[C@H](C1)C(Nc1nc[nH]n1)[C@@H](C3)C2. The second-order valence-electron chi connectivity index (χ2n) is 6.19. The number of H-pyrrole nitrogens is 1. The molecule has 0 aromatic carbocycles. The van der Waals surface area contributed by atoms with Crippen LogP contribution in [-0.4, -0.2) is 31.9 Å². The minimum atomic E-state index is -0.353. The highest BCUT2D eigenvalue weighted by Gasteiger charge is 2.54. The van der Waals surface area contributed by atoms with Gasteiger partial charge < -0.3 is 10.4 Å². The second kappa shape index (κ2) is 3.22. The second-order valence-corrected chi connectivity index (χ2v) is 6.19. The van der Waals surface area contributed by atoms with E-state index in [1.54, 1.807) is 6.33 Å². The number of nitrogens with one attached hydrogen (secondary N) is 2. The van der Waals surface area contributed by atoms with Crippen LogP contribution in [0.4, 0.5) is 5.95 Å². The Morgan fingerprint density at radius 3 is 2.65 bits per heavy atom. The van der Waals surface area contributed by atoms with Gasteiger partial charge in [0.05, 0.1) is 5.60 Å². The molecule has 3 N–H and O–H groups in total. The summed E-state index contributed by atoms with van der Waals surface area (Å²) in [4.78, 5) is 4.14. The number of hydrogen-bond donors (Lipinski definition) is 3. The summed E-state index contributed by atoms with van der Waals surface area (Å²) in [6, 6.07) is 0.461. The summed E-state index contributed by atoms with van der Waals surface area (Å²) < 4.78 is 0. The molecule has 4 fully saturated rings. The van der Waals surface area contributed by atoms with Crippen LogP contribution in [0.25, 0.3) is 0 Å². The molecule has 1 heterocycles. The Hall–Kier alpha value is -1.10. The standard InChI is InChI=1S/C12H18N4O/c17-12-3-7-1-8(4-12)10(9(2-7)5-12)15-11-13-6-14-16-11/h6-10,17H,1-5H2,(H2,13,14,15,16)/t7-,8-,9+,10?,12?. The fraction of sp³-hybridized carbons (Fsp3) is 0.833. The van der Waals surface area contributed by atoms with E-state index in [-0.39, 0.29) is 5.60 Å². The minimum Gasteiger partial charge on any atom is -0.390 e. The van der Waals surface area contributed by atoms with Crippen molar-refractivity contribution in [1.29, 1.82) is 0 Å². The van der Waals surface area contributed by atoms with E-state index in [0.29, 0.717) is 23.8 Å². The lowest BCUT2D eigenvalue weighted by Crippen LogP contribution is -2.59. The molecule has 5 rings (SSSR count). The van der Waals surface area contributed by atoms with Gasteiger partial charge in [0.2, 0.25) is 5.95 Å². The van der Waals surface area contributed by atoms with Crippen LogP contribution in [0.3, 0.4) is 0 Å². The third-order valence-corrected chi connectivity index (χ3v) is 4.95. The highest BCUT2D eigenvalue weighted by molar-refractivity contribution is 5.26. The molecule has 4 aliphatic carbocycles. The minimum absolute atomic E-state index is 0.353. The molecule has 0 saturated heterocycles. The van der Waals surface area contributed by atoms with E-state index in [2.05, 4.69) is 20.5 Å². The van der Waals surface area contributed by atoms with Gasteiger partial charge in [0.1, 0.15) is 6.33 Å². The smallest absolute Gasteiger partial charge is 0.242 e. The van der Waals surface area contributed by atoms with Crippen LogP contribution in [0.15, 0.2) is 6.33 Å². The van der Waals surface area contributed by atoms with Gasteiger partial charge in [0, 0.05) is 6.04 Å². The van der Waals surface area contributed by atoms with Crippen molar-refractivity contribution in [3.8, 4) is 0 Å². The molecule has 92 valence electrons. The molecule has 4 aliphatic rings. The molecule has 5 atom stereocenters. The molecule has 4 bridgehead atoms. The molecule has 1 aromatic rings. The molecule has 0 aliphatic heterocycles. The van der Waals surface area contributed by atoms with Gasteiger partial charge in [-0.15, -0.1) is 5.10 Å². The van der Waals surface area contributed by atoms with Crippen LogP contribution < -0.4 is 5.32 Å². The molecular formula is C12H18N4O. The molecule has 5 nitrogen and oxygen atoms in total. The van der Waals surface area contributed by atoms with Crippen molar-refractivity contribution in [3.63, 3.8) is 0 Å². The van der Waals surface area contributed by atoms with Crippen LogP contribution in [-0.2, 0) is 0 Å². The van der Waals surface area contributed by atoms with Gasteiger partial charge in [-0.2, -0.15) is 0 Å². The molecule has 5 heteroatoms. The molecular weight excluding hydrogens is 216 g/mol. The van der Waals surface area contributed by atoms with Gasteiger partial charge in [-0.05, 0) is 49.9 Å². The summed E-state index contributed by atoms with van der Waals surface area (Å²) >= 11 is 0. The van der Waals surface area contributed by atoms with Crippen molar-refractivity contribution in [2.45, 2.75) is 43.7 Å². The third kappa shape index (κ3) is 1.48. The average Bonchev–Trinajstić information content (AvgIpc) is 2.73. The maximum atomic E-state index is 10.5. The summed E-state index contributed by atoms with van der Waals surface area (Å²) in [7, 11) is 0. The van der Waals surface area contributed by atoms with Crippen LogP contribution >= 0.6 is 0 Å². The van der Waals surface area contributed by atoms with Crippen molar-refractivity contribution < 1.29 is 5.11 Å². The predicted octanol–water partition coefficient (Wildman–Crippen LogP) is 1.16. The Balaban J connectivity index is 1.58. The topological polar surface area (TPSA) is 73.8 Å². The largest absolute Gasteiger partial charge is 0.390 e. The van der Waals surface area contributed by atoms with Crippen LogP contribution in [0.1, 0.15) is 32.1 Å². The van der Waals surface area contributed by atoms with E-state index in [9.17, 15) is 5.11 Å². The number of rotatable bonds is 2.